The van der Waals surface area contributed by atoms with Crippen LogP contribution in [0, 0.1) is 17.8 Å². The highest BCUT2D eigenvalue weighted by molar-refractivity contribution is 5.92. The van der Waals surface area contributed by atoms with Gasteiger partial charge in [-0.3, -0.25) is 19.2 Å². The molecular weight excluding hydrogens is 651 g/mol. The first kappa shape index (κ1) is 41.9. The van der Waals surface area contributed by atoms with Crippen LogP contribution in [-0.4, -0.2) is 53.8 Å². The Hall–Kier alpha value is -4.50. The van der Waals surface area contributed by atoms with E-state index in [1.165, 1.54) is 0 Å². The molecule has 0 radical (unpaired) electrons. The van der Waals surface area contributed by atoms with Gasteiger partial charge in [0.15, 0.2) is 0 Å². The maximum Gasteiger partial charge on any atom is 0.243 e. The summed E-state index contributed by atoms with van der Waals surface area (Å²) in [7, 11) is 0. The maximum absolute atomic E-state index is 14.0. The molecule has 4 amide bonds. The smallest absolute Gasteiger partial charge is 0.243 e. The molecule has 0 fully saturated rings. The van der Waals surface area contributed by atoms with E-state index in [2.05, 4.69) is 45.5 Å². The Labute approximate surface area is 311 Å². The van der Waals surface area contributed by atoms with E-state index in [0.29, 0.717) is 32.1 Å². The van der Waals surface area contributed by atoms with Crippen LogP contribution in [0.2, 0.25) is 0 Å². The molecule has 0 aliphatic heterocycles. The number of hydrogen-bond donors (Lipinski definition) is 5. The third-order valence-electron chi connectivity index (χ3n) is 9.42. The van der Waals surface area contributed by atoms with Crippen LogP contribution >= 0.6 is 0 Å². The predicted octanol–water partition coefficient (Wildman–Crippen LogP) is 5.51. The predicted molar refractivity (Wildman–Crippen MR) is 209 cm³/mol. The van der Waals surface area contributed by atoms with Crippen molar-refractivity contribution in [2.75, 3.05) is 0 Å². The third-order valence-corrected chi connectivity index (χ3v) is 9.42. The fourth-order valence-corrected chi connectivity index (χ4v) is 6.27. The molecule has 3 aromatic rings. The van der Waals surface area contributed by atoms with Crippen LogP contribution in [-0.2, 0) is 38.4 Å². The number of nitrogens with one attached hydrogen (secondary N) is 4. The van der Waals surface area contributed by atoms with Gasteiger partial charge in [-0.15, -0.1) is 0 Å². The number of hydrogen-bond acceptors (Lipinski definition) is 5. The van der Waals surface area contributed by atoms with E-state index in [9.17, 15) is 19.2 Å². The molecule has 5 atom stereocenters. The van der Waals surface area contributed by atoms with Crippen LogP contribution in [0.25, 0.3) is 0 Å². The van der Waals surface area contributed by atoms with Crippen molar-refractivity contribution in [3.05, 3.63) is 108 Å². The van der Waals surface area contributed by atoms with Gasteiger partial charge in [0.2, 0.25) is 23.6 Å². The molecule has 6 N–H and O–H groups in total. The number of benzene rings is 3. The molecule has 0 saturated carbocycles. The summed E-state index contributed by atoms with van der Waals surface area (Å²) in [5.41, 5.74) is 9.97. The van der Waals surface area contributed by atoms with Gasteiger partial charge in [-0.1, -0.05) is 139 Å². The van der Waals surface area contributed by atoms with E-state index >= 15 is 0 Å². The fraction of sp³-hybridized carbons (Fsp3) is 0.488. The Balaban J connectivity index is 1.76. The van der Waals surface area contributed by atoms with Crippen molar-refractivity contribution in [1.29, 1.82) is 0 Å². The van der Waals surface area contributed by atoms with E-state index in [1.54, 1.807) is 0 Å². The summed E-state index contributed by atoms with van der Waals surface area (Å²) in [4.78, 5) is 54.0. The fourth-order valence-electron chi connectivity index (χ4n) is 6.27. The minimum atomic E-state index is -0.881. The van der Waals surface area contributed by atoms with Crippen molar-refractivity contribution < 1.29 is 19.2 Å². The zero-order chi connectivity index (χ0) is 38.0. The Bertz CT molecular complexity index is 1470. The van der Waals surface area contributed by atoms with Crippen LogP contribution in [0.3, 0.4) is 0 Å². The topological polar surface area (TPSA) is 142 Å². The Kier molecular flexibility index (Phi) is 17.5. The van der Waals surface area contributed by atoms with Crippen molar-refractivity contribution in [3.8, 4) is 0 Å². The van der Waals surface area contributed by atoms with E-state index in [0.717, 1.165) is 23.1 Å². The van der Waals surface area contributed by atoms with Gasteiger partial charge in [-0.05, 0) is 60.1 Å². The number of carbonyl (C=O) groups is 4. The van der Waals surface area contributed by atoms with Gasteiger partial charge < -0.3 is 27.0 Å². The molecule has 0 bridgehead atoms. The van der Waals surface area contributed by atoms with E-state index in [4.69, 9.17) is 5.73 Å². The number of nitrogens with two attached hydrogens (primary N) is 1. The van der Waals surface area contributed by atoms with E-state index < -0.39 is 30.1 Å². The largest absolute Gasteiger partial charge is 0.353 e. The van der Waals surface area contributed by atoms with Gasteiger partial charge in [0.1, 0.15) is 12.1 Å². The monoisotopic (exact) mass is 711 g/mol. The first-order valence-corrected chi connectivity index (χ1v) is 18.9. The standard InChI is InChI=1S/C43H61N5O4/c1-7-31(6)24-39(49)46-38(23-29(2)3)42(51)48-41(30(4)5)43(52)47-37(27-34-21-15-10-16-22-34)36(44)28-40(50)45-35(25-32-17-11-8-12-18-32)26-33-19-13-9-14-20-33/h8-22,29-31,35-38,41H,7,23-28,44H2,1-6H3,(H,45,50)(H,46,49)(H,47,52)(H,48,51)/t31?,36-,37-,38-,41-/m0/s1. The van der Waals surface area contributed by atoms with Crippen LogP contribution < -0.4 is 27.0 Å². The minimum Gasteiger partial charge on any atom is -0.353 e. The average Bonchev–Trinajstić information content (AvgIpc) is 3.10. The molecule has 9 nitrogen and oxygen atoms in total. The summed E-state index contributed by atoms with van der Waals surface area (Å²) < 4.78 is 0. The van der Waals surface area contributed by atoms with E-state index in [1.807, 2.05) is 108 Å². The molecule has 0 aliphatic carbocycles. The SMILES string of the molecule is CCC(C)CC(=O)N[C@@H](CC(C)C)C(=O)N[C@H](C(=O)N[C@@H](Cc1ccccc1)[C@@H](N)CC(=O)NC(Cc1ccccc1)Cc1ccccc1)C(C)C. The summed E-state index contributed by atoms with van der Waals surface area (Å²) in [5.74, 6) is -1.08. The van der Waals surface area contributed by atoms with Gasteiger partial charge in [0.25, 0.3) is 0 Å². The Morgan fingerprint density at radius 3 is 1.54 bits per heavy atom. The van der Waals surface area contributed by atoms with Crippen molar-refractivity contribution in [3.63, 3.8) is 0 Å². The summed E-state index contributed by atoms with van der Waals surface area (Å²) in [6.07, 6.45) is 3.35. The summed E-state index contributed by atoms with van der Waals surface area (Å²) >= 11 is 0. The molecule has 3 aromatic carbocycles. The number of amides is 4. The first-order chi connectivity index (χ1) is 24.8. The van der Waals surface area contributed by atoms with Gasteiger partial charge in [-0.25, -0.2) is 0 Å². The first-order valence-electron chi connectivity index (χ1n) is 18.9. The Morgan fingerprint density at radius 1 is 0.596 bits per heavy atom. The molecule has 0 aromatic heterocycles. The van der Waals surface area contributed by atoms with Crippen molar-refractivity contribution in [2.24, 2.45) is 23.5 Å². The van der Waals surface area contributed by atoms with Gasteiger partial charge in [-0.2, -0.15) is 0 Å². The second kappa shape index (κ2) is 21.8. The van der Waals surface area contributed by atoms with Crippen LogP contribution in [0.1, 0.15) is 83.9 Å². The highest BCUT2D eigenvalue weighted by atomic mass is 16.2. The zero-order valence-electron chi connectivity index (χ0n) is 31.9. The van der Waals surface area contributed by atoms with E-state index in [-0.39, 0.29) is 47.9 Å². The summed E-state index contributed by atoms with van der Waals surface area (Å²) in [5, 5.41) is 12.2. The summed E-state index contributed by atoms with van der Waals surface area (Å²) in [6.45, 7) is 11.7. The lowest BCUT2D eigenvalue weighted by molar-refractivity contribution is -0.133. The molecule has 0 spiro atoms. The minimum absolute atomic E-state index is 0.00472. The van der Waals surface area contributed by atoms with Crippen LogP contribution in [0.15, 0.2) is 91.0 Å². The number of rotatable bonds is 21. The summed E-state index contributed by atoms with van der Waals surface area (Å²) in [6, 6.07) is 26.7. The van der Waals surface area contributed by atoms with Gasteiger partial charge in [0.05, 0.1) is 0 Å². The second-order valence-corrected chi connectivity index (χ2v) is 15.0. The van der Waals surface area contributed by atoms with Crippen molar-refractivity contribution >= 4 is 23.6 Å². The van der Waals surface area contributed by atoms with Crippen molar-refractivity contribution in [1.82, 2.24) is 21.3 Å². The average molecular weight is 712 g/mol. The lowest BCUT2D eigenvalue weighted by Gasteiger charge is -2.30. The number of carbonyl (C=O) groups excluding carboxylic acids is 4. The second-order valence-electron chi connectivity index (χ2n) is 15.0. The highest BCUT2D eigenvalue weighted by Crippen LogP contribution is 2.14. The molecule has 52 heavy (non-hydrogen) atoms. The molecule has 282 valence electrons. The van der Waals surface area contributed by atoms with Gasteiger partial charge in [0, 0.05) is 31.0 Å². The van der Waals surface area contributed by atoms with Crippen LogP contribution in [0.5, 0.6) is 0 Å². The maximum atomic E-state index is 14.0. The molecule has 0 aliphatic rings. The third kappa shape index (κ3) is 15.0. The van der Waals surface area contributed by atoms with Crippen molar-refractivity contribution in [2.45, 2.75) is 117 Å². The lowest BCUT2D eigenvalue weighted by Crippen LogP contribution is -2.59. The lowest BCUT2D eigenvalue weighted by atomic mass is 9.94. The molecule has 3 rings (SSSR count). The van der Waals surface area contributed by atoms with Crippen LogP contribution in [0.4, 0.5) is 0 Å². The Morgan fingerprint density at radius 2 is 1.08 bits per heavy atom. The zero-order valence-corrected chi connectivity index (χ0v) is 31.9. The quantitative estimate of drug-likeness (QED) is 0.0991. The normalized spacial score (nSPS) is 14.3. The molecule has 1 unspecified atom stereocenters. The highest BCUT2D eigenvalue weighted by Gasteiger charge is 2.32. The van der Waals surface area contributed by atoms with Gasteiger partial charge >= 0.3 is 0 Å². The molecule has 0 saturated heterocycles. The molecule has 0 heterocycles. The molecule has 9 heteroatoms. The molecular formula is C43H61N5O4.